The molecule has 0 amide bonds. The maximum absolute atomic E-state index is 15.0. The molecule has 0 spiro atoms. The summed E-state index contributed by atoms with van der Waals surface area (Å²) in [5.74, 6) is -0.224. The highest BCUT2D eigenvalue weighted by molar-refractivity contribution is 5.68. The van der Waals surface area contributed by atoms with Crippen molar-refractivity contribution in [1.82, 2.24) is 19.6 Å². The van der Waals surface area contributed by atoms with Crippen molar-refractivity contribution >= 4 is 0 Å². The molecule has 5 heteroatoms. The molecule has 3 aromatic carbocycles. The average Bonchev–Trinajstić information content (AvgIpc) is 3.28. The first-order chi connectivity index (χ1) is 16.6. The van der Waals surface area contributed by atoms with E-state index >= 15 is 0 Å². The molecule has 0 atom stereocenters. The molecule has 1 fully saturated rings. The second kappa shape index (κ2) is 9.92. The monoisotopic (exact) mass is 454 g/mol. The van der Waals surface area contributed by atoms with Crippen molar-refractivity contribution in [2.45, 2.75) is 25.4 Å². The summed E-state index contributed by atoms with van der Waals surface area (Å²) in [6, 6.07) is 26.3. The Labute approximate surface area is 201 Å². The van der Waals surface area contributed by atoms with Gasteiger partial charge < -0.3 is 4.90 Å². The summed E-state index contributed by atoms with van der Waals surface area (Å²) in [7, 11) is 4.31. The van der Waals surface area contributed by atoms with Crippen LogP contribution in [0.25, 0.3) is 28.1 Å². The summed E-state index contributed by atoms with van der Waals surface area (Å²) in [6.45, 7) is 2.85. The lowest BCUT2D eigenvalue weighted by atomic mass is 10.0. The van der Waals surface area contributed by atoms with Gasteiger partial charge in [0, 0.05) is 23.7 Å². The predicted octanol–water partition coefficient (Wildman–Crippen LogP) is 5.87. The van der Waals surface area contributed by atoms with Crippen LogP contribution < -0.4 is 0 Å². The van der Waals surface area contributed by atoms with Crippen LogP contribution in [0.2, 0.25) is 0 Å². The third-order valence-electron chi connectivity index (χ3n) is 6.87. The molecule has 1 aliphatic rings. The summed E-state index contributed by atoms with van der Waals surface area (Å²) in [6.07, 6.45) is 4.21. The average molecular weight is 455 g/mol. The van der Waals surface area contributed by atoms with Gasteiger partial charge in [-0.05, 0) is 75.4 Å². The number of nitrogens with zero attached hydrogens (tertiary/aromatic N) is 4. The number of hydrogen-bond acceptors (Lipinski definition) is 3. The lowest BCUT2D eigenvalue weighted by Gasteiger charge is -2.35. The van der Waals surface area contributed by atoms with Crippen LogP contribution in [-0.4, -0.2) is 52.8 Å². The van der Waals surface area contributed by atoms with Gasteiger partial charge in [0.1, 0.15) is 5.82 Å². The van der Waals surface area contributed by atoms with Crippen LogP contribution in [-0.2, 0) is 6.54 Å². The third-order valence-corrected chi connectivity index (χ3v) is 6.87. The second-order valence-corrected chi connectivity index (χ2v) is 9.29. The smallest absolute Gasteiger partial charge is 0.132 e. The minimum Gasteiger partial charge on any atom is -0.306 e. The highest BCUT2D eigenvalue weighted by atomic mass is 19.1. The zero-order valence-corrected chi connectivity index (χ0v) is 19.9. The van der Waals surface area contributed by atoms with E-state index in [0.717, 1.165) is 55.0 Å². The van der Waals surface area contributed by atoms with Crippen molar-refractivity contribution < 1.29 is 4.39 Å². The molecule has 0 saturated carbocycles. The van der Waals surface area contributed by atoms with Crippen LogP contribution in [0.15, 0.2) is 85.1 Å². The highest BCUT2D eigenvalue weighted by Crippen LogP contribution is 2.31. The molecule has 1 aromatic heterocycles. The van der Waals surface area contributed by atoms with E-state index in [-0.39, 0.29) is 5.82 Å². The number of hydrogen-bond donors (Lipinski definition) is 0. The first kappa shape index (κ1) is 22.5. The molecule has 2 heterocycles. The third kappa shape index (κ3) is 4.67. The Morgan fingerprint density at radius 3 is 2.18 bits per heavy atom. The van der Waals surface area contributed by atoms with Crippen LogP contribution in [0.4, 0.5) is 4.39 Å². The molecule has 5 rings (SSSR count). The topological polar surface area (TPSA) is 24.3 Å². The summed E-state index contributed by atoms with van der Waals surface area (Å²) in [5.41, 5.74) is 5.72. The van der Waals surface area contributed by atoms with Crippen LogP contribution in [0, 0.1) is 5.82 Å². The molecule has 4 aromatic rings. The van der Waals surface area contributed by atoms with Crippen molar-refractivity contribution in [2.75, 3.05) is 27.2 Å². The number of likely N-dealkylation sites (tertiary alicyclic amines) is 1. The fourth-order valence-corrected chi connectivity index (χ4v) is 4.89. The van der Waals surface area contributed by atoms with E-state index < -0.39 is 0 Å². The normalized spacial score (nSPS) is 15.2. The summed E-state index contributed by atoms with van der Waals surface area (Å²) in [5, 5.41) is 4.73. The predicted molar refractivity (Wildman–Crippen MR) is 136 cm³/mol. The maximum Gasteiger partial charge on any atom is 0.132 e. The van der Waals surface area contributed by atoms with Gasteiger partial charge in [0.05, 0.1) is 17.6 Å². The maximum atomic E-state index is 15.0. The number of halogens is 1. The Bertz CT molecular complexity index is 1220. The van der Waals surface area contributed by atoms with Gasteiger partial charge in [-0.25, -0.2) is 9.07 Å². The van der Waals surface area contributed by atoms with E-state index in [0.29, 0.717) is 11.6 Å². The van der Waals surface area contributed by atoms with E-state index in [1.807, 2.05) is 41.2 Å². The van der Waals surface area contributed by atoms with Gasteiger partial charge in [-0.3, -0.25) is 4.90 Å². The first-order valence-corrected chi connectivity index (χ1v) is 12.0. The van der Waals surface area contributed by atoms with Crippen LogP contribution >= 0.6 is 0 Å². The SMILES string of the molecule is CN(C)C1CCN(Cc2cnn(-c3ccc(-c4ccccc4)cc3)c2-c2ccccc2F)CC1. The van der Waals surface area contributed by atoms with Crippen molar-refractivity contribution in [2.24, 2.45) is 0 Å². The number of piperidine rings is 1. The molecule has 34 heavy (non-hydrogen) atoms. The fourth-order valence-electron chi connectivity index (χ4n) is 4.89. The van der Waals surface area contributed by atoms with Crippen LogP contribution in [0.1, 0.15) is 18.4 Å². The van der Waals surface area contributed by atoms with Gasteiger partial charge in [0.15, 0.2) is 0 Å². The van der Waals surface area contributed by atoms with E-state index in [1.54, 1.807) is 6.07 Å². The quantitative estimate of drug-likeness (QED) is 0.364. The van der Waals surface area contributed by atoms with E-state index in [2.05, 4.69) is 60.3 Å². The van der Waals surface area contributed by atoms with Gasteiger partial charge in [0.25, 0.3) is 0 Å². The van der Waals surface area contributed by atoms with E-state index in [1.165, 1.54) is 11.6 Å². The van der Waals surface area contributed by atoms with Gasteiger partial charge >= 0.3 is 0 Å². The molecule has 4 nitrogen and oxygen atoms in total. The zero-order valence-electron chi connectivity index (χ0n) is 19.9. The standard InChI is InChI=1S/C29H31FN4/c1-32(2)25-16-18-33(19-17-25)21-24-20-31-34(29(24)27-10-6-7-11-28(27)30)26-14-12-23(13-15-26)22-8-4-3-5-9-22/h3-15,20,25H,16-19,21H2,1-2H3. The summed E-state index contributed by atoms with van der Waals surface area (Å²) < 4.78 is 16.9. The number of aromatic nitrogens is 2. The van der Waals surface area contributed by atoms with Crippen molar-refractivity contribution in [3.05, 3.63) is 96.4 Å². The Balaban J connectivity index is 1.47. The summed E-state index contributed by atoms with van der Waals surface area (Å²) in [4.78, 5) is 4.78. The molecule has 0 N–H and O–H groups in total. The Morgan fingerprint density at radius 1 is 0.853 bits per heavy atom. The zero-order chi connectivity index (χ0) is 23.5. The van der Waals surface area contributed by atoms with Crippen molar-refractivity contribution in [3.8, 4) is 28.1 Å². The van der Waals surface area contributed by atoms with E-state index in [4.69, 9.17) is 5.10 Å². The molecule has 0 aliphatic carbocycles. The molecule has 0 bridgehead atoms. The second-order valence-electron chi connectivity index (χ2n) is 9.29. The van der Waals surface area contributed by atoms with Crippen molar-refractivity contribution in [1.29, 1.82) is 0 Å². The highest BCUT2D eigenvalue weighted by Gasteiger charge is 2.24. The molecule has 0 radical (unpaired) electrons. The van der Waals surface area contributed by atoms with Gasteiger partial charge in [-0.2, -0.15) is 5.10 Å². The minimum absolute atomic E-state index is 0.224. The molecule has 174 valence electrons. The molecule has 1 saturated heterocycles. The fraction of sp³-hybridized carbons (Fsp3) is 0.276. The Morgan fingerprint density at radius 2 is 1.50 bits per heavy atom. The Hall–Kier alpha value is -3.28. The Kier molecular flexibility index (Phi) is 6.57. The van der Waals surface area contributed by atoms with Crippen molar-refractivity contribution in [3.63, 3.8) is 0 Å². The molecular formula is C29H31FN4. The van der Waals surface area contributed by atoms with Gasteiger partial charge in [0.2, 0.25) is 0 Å². The van der Waals surface area contributed by atoms with Gasteiger partial charge in [-0.15, -0.1) is 0 Å². The van der Waals surface area contributed by atoms with Crippen LogP contribution in [0.3, 0.4) is 0 Å². The molecule has 1 aliphatic heterocycles. The van der Waals surface area contributed by atoms with Crippen LogP contribution in [0.5, 0.6) is 0 Å². The number of rotatable bonds is 6. The summed E-state index contributed by atoms with van der Waals surface area (Å²) >= 11 is 0. The number of benzene rings is 3. The molecule has 0 unspecified atom stereocenters. The largest absolute Gasteiger partial charge is 0.306 e. The van der Waals surface area contributed by atoms with Gasteiger partial charge in [-0.1, -0.05) is 54.6 Å². The minimum atomic E-state index is -0.224. The molecular weight excluding hydrogens is 423 g/mol. The van der Waals surface area contributed by atoms with E-state index in [9.17, 15) is 4.39 Å². The lowest BCUT2D eigenvalue weighted by Crippen LogP contribution is -2.41. The first-order valence-electron chi connectivity index (χ1n) is 12.0. The lowest BCUT2D eigenvalue weighted by molar-refractivity contribution is 0.140.